The Morgan fingerprint density at radius 3 is 1.31 bits per heavy atom. The molecule has 9 N–H and O–H groups in total. The highest BCUT2D eigenvalue weighted by Gasteiger charge is 2.27. The molecule has 4 amide bonds. The van der Waals surface area contributed by atoms with Gasteiger partial charge in [0.2, 0.25) is 0 Å². The molecule has 606 valence electrons. The minimum atomic E-state index is -0.325. The van der Waals surface area contributed by atoms with Crippen LogP contribution in [0.25, 0.3) is 44.3 Å². The number of amides is 4. The van der Waals surface area contributed by atoms with Crippen molar-refractivity contribution in [2.75, 3.05) is 77.5 Å². The smallest absolute Gasteiger partial charge is 0.251 e. The summed E-state index contributed by atoms with van der Waals surface area (Å²) in [4.78, 5) is 77.8. The maximum absolute atomic E-state index is 13.7. The number of rotatable bonds is 27. The van der Waals surface area contributed by atoms with Gasteiger partial charge in [0.25, 0.3) is 23.6 Å². The summed E-state index contributed by atoms with van der Waals surface area (Å²) in [5, 5.41) is 41.1. The summed E-state index contributed by atoms with van der Waals surface area (Å²) in [5.74, 6) is 0.145. The van der Waals surface area contributed by atoms with Gasteiger partial charge in [0.15, 0.2) is 11.3 Å². The molecule has 0 spiro atoms. The molecule has 0 unspecified atom stereocenters. The molecular weight excluding hydrogens is 1450 g/mol. The number of aryl methyl sites for hydroxylation is 4. The fourth-order valence-corrected chi connectivity index (χ4v) is 15.7. The van der Waals surface area contributed by atoms with Crippen LogP contribution in [0.15, 0.2) is 146 Å². The number of benzene rings is 6. The highest BCUT2D eigenvalue weighted by Crippen LogP contribution is 2.35. The second-order valence-corrected chi connectivity index (χ2v) is 30.2. The Morgan fingerprint density at radius 1 is 0.496 bits per heavy atom. The van der Waals surface area contributed by atoms with Crippen LogP contribution in [0.2, 0.25) is 0 Å². The van der Waals surface area contributed by atoms with Gasteiger partial charge in [0.1, 0.15) is 17.8 Å². The molecule has 6 aromatic carbocycles. The van der Waals surface area contributed by atoms with Crippen molar-refractivity contribution in [3.63, 3.8) is 0 Å². The highest BCUT2D eigenvalue weighted by molar-refractivity contribution is 6.01. The summed E-state index contributed by atoms with van der Waals surface area (Å²) >= 11 is 0. The molecule has 25 nitrogen and oxygen atoms in total. The molecule has 4 aliphatic heterocycles. The summed E-state index contributed by atoms with van der Waals surface area (Å²) in [6, 6.07) is 44.0. The van der Waals surface area contributed by atoms with Crippen LogP contribution in [0.4, 0.5) is 11.4 Å². The fourth-order valence-electron chi connectivity index (χ4n) is 15.7. The van der Waals surface area contributed by atoms with E-state index in [9.17, 15) is 24.0 Å². The summed E-state index contributed by atoms with van der Waals surface area (Å²) in [5.41, 5.74) is 16.2. The second-order valence-electron chi connectivity index (χ2n) is 30.2. The number of nitrogens with one attached hydrogen (secondary N) is 9. The van der Waals surface area contributed by atoms with E-state index in [4.69, 9.17) is 28.9 Å². The van der Waals surface area contributed by atoms with Gasteiger partial charge in [-0.15, -0.1) is 0 Å². The van der Waals surface area contributed by atoms with E-state index in [1.165, 1.54) is 5.56 Å². The zero-order chi connectivity index (χ0) is 80.9. The number of hydrogen-bond acceptors (Lipinski definition) is 19. The van der Waals surface area contributed by atoms with Gasteiger partial charge in [0.05, 0.1) is 48.8 Å². The lowest BCUT2D eigenvalue weighted by atomic mass is 9.99. The molecule has 14 rings (SSSR count). The van der Waals surface area contributed by atoms with Crippen LogP contribution < -0.4 is 57.3 Å². The van der Waals surface area contributed by atoms with E-state index in [1.54, 1.807) is 68.8 Å². The van der Waals surface area contributed by atoms with Crippen molar-refractivity contribution in [3.05, 3.63) is 213 Å². The zero-order valence-electron chi connectivity index (χ0n) is 68.1. The maximum atomic E-state index is 13.7. The third-order valence-electron chi connectivity index (χ3n) is 21.5. The number of anilines is 2. The van der Waals surface area contributed by atoms with Gasteiger partial charge >= 0.3 is 0 Å². The van der Waals surface area contributed by atoms with E-state index in [-0.39, 0.29) is 61.9 Å². The van der Waals surface area contributed by atoms with Gasteiger partial charge in [0, 0.05) is 196 Å². The molecule has 0 aliphatic carbocycles. The van der Waals surface area contributed by atoms with Crippen LogP contribution in [-0.2, 0) is 68.1 Å². The Hall–Kier alpha value is -10.9. The highest BCUT2D eigenvalue weighted by atomic mass is 16.5. The molecule has 10 aromatic rings. The van der Waals surface area contributed by atoms with Gasteiger partial charge in [-0.2, -0.15) is 10.2 Å². The Morgan fingerprint density at radius 2 is 0.904 bits per heavy atom. The number of carbonyl (C=O) groups is 5. The van der Waals surface area contributed by atoms with Crippen LogP contribution in [0.1, 0.15) is 172 Å². The molecule has 4 aliphatic rings. The molecule has 0 bridgehead atoms. The number of nitrogens with zero attached hydrogens (tertiary/aromatic N) is 7. The molecule has 0 saturated carbocycles. The van der Waals surface area contributed by atoms with Gasteiger partial charge in [-0.3, -0.25) is 28.9 Å². The normalized spacial score (nSPS) is 17.3. The summed E-state index contributed by atoms with van der Waals surface area (Å²) < 4.78 is 26.2. The first-order valence-corrected chi connectivity index (χ1v) is 40.6. The summed E-state index contributed by atoms with van der Waals surface area (Å²) in [6.45, 7) is 27.5. The lowest BCUT2D eigenvalue weighted by Crippen LogP contribution is -2.53. The predicted molar refractivity (Wildman–Crippen MR) is 452 cm³/mol. The topological polar surface area (TPSA) is 295 Å². The van der Waals surface area contributed by atoms with Crippen molar-refractivity contribution in [1.29, 1.82) is 0 Å². The molecule has 4 fully saturated rings. The molecule has 115 heavy (non-hydrogen) atoms. The number of pyridine rings is 2. The van der Waals surface area contributed by atoms with Crippen molar-refractivity contribution in [3.8, 4) is 33.8 Å². The van der Waals surface area contributed by atoms with E-state index in [0.717, 1.165) is 154 Å². The van der Waals surface area contributed by atoms with Crippen molar-refractivity contribution in [2.24, 2.45) is 0 Å². The third kappa shape index (κ3) is 21.5. The molecule has 4 aromatic heterocycles. The van der Waals surface area contributed by atoms with Crippen molar-refractivity contribution >= 4 is 63.4 Å². The lowest BCUT2D eigenvalue weighted by molar-refractivity contribution is 0.0903. The van der Waals surface area contributed by atoms with Gasteiger partial charge in [-0.1, -0.05) is 74.5 Å². The van der Waals surface area contributed by atoms with Crippen molar-refractivity contribution < 1.29 is 42.9 Å². The first kappa shape index (κ1) is 83.5. The van der Waals surface area contributed by atoms with E-state index in [1.807, 2.05) is 71.1 Å². The van der Waals surface area contributed by atoms with Crippen LogP contribution in [0, 0.1) is 0 Å². The van der Waals surface area contributed by atoms with E-state index >= 15 is 0 Å². The Kier molecular flexibility index (Phi) is 29.3. The SMILES string of the molecule is CCc1nc2c(cnn2CC)c(NC2CCOCC2)c1CNC(=O)c1cccc(C(=O)NCc2cc(-c3cccc(C=O)c3)ccc2OC)c1.CCc1nc2c(cnn2CC)c(NC2CCOCC2)c1CNC(=O)c1cccc(C(=O)NCc2cc(-c3cccc(CN4C[C@@H](C)N[C@@H](C)C4)c3)ccc2OC)c1.C[C@@H]1CNC[C@H](C)N1. The first-order valence-electron chi connectivity index (χ1n) is 40.6. The number of aromatic nitrogens is 6. The van der Waals surface area contributed by atoms with E-state index < -0.39 is 0 Å². The fraction of sp³-hybridized carbons (Fsp3) is 0.411. The minimum absolute atomic E-state index is 0.201. The minimum Gasteiger partial charge on any atom is -0.496 e. The number of hydrogen-bond donors (Lipinski definition) is 9. The standard InChI is InChI=1S/C45H56N8O4.C39H42N6O5.C6H14N2/c1-6-40-38(42(50-37-16-18-57-19-17-37)39-25-48-53(7-2)43(39)51-40)24-47-45(55)35-13-9-12-34(22-35)44(54)46-23-36-21-33(14-15-41(36)56-5)32-11-8-10-31(20-32)28-52-26-29(3)49-30(4)27-52;1-4-34-32(36(43-31-14-16-50-17-15-31)33-23-42-45(5-2)37(33)44-34)22-41-39(48)29-11-7-10-28(20-29)38(47)40-21-30-19-27(12-13-35(30)49-3)26-9-6-8-25(18-26)24-46;1-5-3-7-4-6(2)8-5/h8-15,20-22,25,29-30,37,49H,6-7,16-19,23-24,26-28H2,1-5H3,(H,46,54)(H,47,55)(H,50,51);6-13,18-20,23-24,31H,4-5,14-17,21-22H2,1-3H3,(H,40,47)(H,41,48)(H,43,44);5-8H,3-4H2,1-2H3/t29-,30+;;5-,6+. The third-order valence-corrected chi connectivity index (χ3v) is 21.5. The predicted octanol–water partition coefficient (Wildman–Crippen LogP) is 12.2. The second kappa shape index (κ2) is 40.4. The largest absolute Gasteiger partial charge is 0.496 e. The van der Waals surface area contributed by atoms with Crippen LogP contribution in [0.5, 0.6) is 11.5 Å². The zero-order valence-corrected chi connectivity index (χ0v) is 68.1. The number of piperazine rings is 2. The quantitative estimate of drug-likeness (QED) is 0.0216. The monoisotopic (exact) mass is 1560 g/mol. The number of aldehydes is 1. The number of fused-ring (bicyclic) bond motifs is 2. The van der Waals surface area contributed by atoms with Crippen LogP contribution in [-0.4, -0.2) is 167 Å². The summed E-state index contributed by atoms with van der Waals surface area (Å²) in [6.07, 6.45) is 9.48. The van der Waals surface area contributed by atoms with Crippen LogP contribution in [0.3, 0.4) is 0 Å². The molecular formula is C90H112N16O9. The Balaban J connectivity index is 0.000000195. The molecule has 25 heteroatoms. The van der Waals surface area contributed by atoms with Crippen molar-refractivity contribution in [2.45, 2.75) is 176 Å². The maximum Gasteiger partial charge on any atom is 0.251 e. The lowest BCUT2D eigenvalue weighted by Gasteiger charge is -2.36. The average molecular weight is 1560 g/mol. The van der Waals surface area contributed by atoms with Crippen LogP contribution >= 0.6 is 0 Å². The number of ether oxygens (including phenoxy) is 4. The average Bonchev–Trinajstić information content (AvgIpc) is 1.66. The van der Waals surface area contributed by atoms with Gasteiger partial charge in [-0.25, -0.2) is 19.3 Å². The molecule has 4 saturated heterocycles. The van der Waals surface area contributed by atoms with Gasteiger partial charge in [-0.05, 0) is 181 Å². The molecule has 4 atom stereocenters. The van der Waals surface area contributed by atoms with Crippen molar-refractivity contribution in [1.82, 2.24) is 71.6 Å². The Bertz CT molecular complexity index is 4990. The van der Waals surface area contributed by atoms with E-state index in [2.05, 4.69) is 148 Å². The number of carbonyl (C=O) groups excluding carboxylic acids is 5. The summed E-state index contributed by atoms with van der Waals surface area (Å²) in [7, 11) is 3.22. The van der Waals surface area contributed by atoms with Gasteiger partial charge < -0.3 is 66.8 Å². The first-order chi connectivity index (χ1) is 55.9. The van der Waals surface area contributed by atoms with E-state index in [0.29, 0.717) is 116 Å². The Labute approximate surface area is 674 Å². The number of methoxy groups -OCH3 is 2. The molecule has 0 radical (unpaired) electrons. The molecule has 8 heterocycles.